The van der Waals surface area contributed by atoms with E-state index in [1.165, 1.54) is 6.42 Å². The van der Waals surface area contributed by atoms with Crippen molar-refractivity contribution in [3.8, 4) is 0 Å². The monoisotopic (exact) mass is 226 g/mol. The van der Waals surface area contributed by atoms with Crippen LogP contribution >= 0.6 is 0 Å². The molecule has 2 saturated heterocycles. The molecule has 0 radical (unpaired) electrons. The van der Waals surface area contributed by atoms with Crippen LogP contribution in [0.4, 0.5) is 4.79 Å². The summed E-state index contributed by atoms with van der Waals surface area (Å²) in [6, 6.07) is 0.351. The van der Waals surface area contributed by atoms with E-state index in [2.05, 4.69) is 5.32 Å². The van der Waals surface area contributed by atoms with Crippen LogP contribution in [0.1, 0.15) is 33.6 Å². The Kier molecular flexibility index (Phi) is 3.10. The SMILES string of the molecule is CC(C)(C)OC(=O)N1CC[C@H]2CCNC[C@H]21. The van der Waals surface area contributed by atoms with Crippen molar-refractivity contribution in [3.05, 3.63) is 0 Å². The van der Waals surface area contributed by atoms with Gasteiger partial charge >= 0.3 is 6.09 Å². The molecule has 2 aliphatic rings. The van der Waals surface area contributed by atoms with Crippen LogP contribution in [0, 0.1) is 5.92 Å². The van der Waals surface area contributed by atoms with Crippen LogP contribution < -0.4 is 5.32 Å². The van der Waals surface area contributed by atoms with E-state index in [1.807, 2.05) is 25.7 Å². The molecule has 1 amide bonds. The van der Waals surface area contributed by atoms with Crippen molar-refractivity contribution in [2.45, 2.75) is 45.3 Å². The largest absolute Gasteiger partial charge is 0.444 e. The highest BCUT2D eigenvalue weighted by molar-refractivity contribution is 5.69. The summed E-state index contributed by atoms with van der Waals surface area (Å²) in [7, 11) is 0. The molecule has 0 unspecified atom stereocenters. The fourth-order valence-corrected chi connectivity index (χ4v) is 2.62. The maximum atomic E-state index is 12.0. The minimum atomic E-state index is -0.392. The lowest BCUT2D eigenvalue weighted by molar-refractivity contribution is 0.0195. The molecule has 0 aromatic heterocycles. The van der Waals surface area contributed by atoms with Gasteiger partial charge in [0, 0.05) is 13.1 Å². The normalized spacial score (nSPS) is 30.1. The Morgan fingerprint density at radius 3 is 2.81 bits per heavy atom. The van der Waals surface area contributed by atoms with Crippen LogP contribution in [0.25, 0.3) is 0 Å². The van der Waals surface area contributed by atoms with Crippen LogP contribution in [0.15, 0.2) is 0 Å². The molecular weight excluding hydrogens is 204 g/mol. The molecule has 16 heavy (non-hydrogen) atoms. The minimum Gasteiger partial charge on any atom is -0.444 e. The van der Waals surface area contributed by atoms with Crippen LogP contribution in [0.5, 0.6) is 0 Å². The summed E-state index contributed by atoms with van der Waals surface area (Å²) in [6.45, 7) is 8.60. The molecule has 0 spiro atoms. The quantitative estimate of drug-likeness (QED) is 0.682. The second kappa shape index (κ2) is 4.24. The topological polar surface area (TPSA) is 41.6 Å². The molecule has 4 heteroatoms. The Balaban J connectivity index is 1.97. The number of rotatable bonds is 0. The maximum Gasteiger partial charge on any atom is 0.410 e. The Morgan fingerprint density at radius 1 is 1.38 bits per heavy atom. The van der Waals surface area contributed by atoms with Crippen LogP contribution in [-0.4, -0.2) is 42.3 Å². The van der Waals surface area contributed by atoms with Gasteiger partial charge < -0.3 is 15.0 Å². The molecular formula is C12H22N2O2. The first-order valence-electron chi connectivity index (χ1n) is 6.18. The molecule has 0 aliphatic carbocycles. The van der Waals surface area contributed by atoms with E-state index in [0.717, 1.165) is 26.1 Å². The average molecular weight is 226 g/mol. The molecule has 92 valence electrons. The summed E-state index contributed by atoms with van der Waals surface area (Å²) in [5.41, 5.74) is -0.392. The summed E-state index contributed by atoms with van der Waals surface area (Å²) in [6.07, 6.45) is 2.17. The van der Waals surface area contributed by atoms with E-state index < -0.39 is 5.60 Å². The second-order valence-corrected chi connectivity index (χ2v) is 5.78. The molecule has 2 heterocycles. The van der Waals surface area contributed by atoms with Gasteiger partial charge in [0.15, 0.2) is 0 Å². The van der Waals surface area contributed by atoms with Gasteiger partial charge in [0.2, 0.25) is 0 Å². The van der Waals surface area contributed by atoms with E-state index in [-0.39, 0.29) is 6.09 Å². The van der Waals surface area contributed by atoms with E-state index in [9.17, 15) is 4.79 Å². The predicted octanol–water partition coefficient (Wildman–Crippen LogP) is 1.61. The van der Waals surface area contributed by atoms with Gasteiger partial charge in [-0.2, -0.15) is 0 Å². The molecule has 0 bridgehead atoms. The van der Waals surface area contributed by atoms with Crippen molar-refractivity contribution in [2.75, 3.05) is 19.6 Å². The number of hydrogen-bond acceptors (Lipinski definition) is 3. The number of ether oxygens (including phenoxy) is 1. The fourth-order valence-electron chi connectivity index (χ4n) is 2.62. The Labute approximate surface area is 97.3 Å². The molecule has 2 rings (SSSR count). The van der Waals surface area contributed by atoms with Gasteiger partial charge in [-0.25, -0.2) is 4.79 Å². The van der Waals surface area contributed by atoms with Gasteiger partial charge in [-0.3, -0.25) is 0 Å². The highest BCUT2D eigenvalue weighted by Crippen LogP contribution is 2.29. The van der Waals surface area contributed by atoms with Crippen molar-refractivity contribution in [1.29, 1.82) is 0 Å². The molecule has 4 nitrogen and oxygen atoms in total. The second-order valence-electron chi connectivity index (χ2n) is 5.78. The zero-order valence-electron chi connectivity index (χ0n) is 10.5. The molecule has 1 N–H and O–H groups in total. The first kappa shape index (κ1) is 11.7. The van der Waals surface area contributed by atoms with Gasteiger partial charge in [0.25, 0.3) is 0 Å². The standard InChI is InChI=1S/C12H22N2O2/c1-12(2,3)16-11(15)14-7-5-9-4-6-13-8-10(9)14/h9-10,13H,4-8H2,1-3H3/t9-,10-/m1/s1. The number of amides is 1. The fraction of sp³-hybridized carbons (Fsp3) is 0.917. The third kappa shape index (κ3) is 2.48. The minimum absolute atomic E-state index is 0.149. The molecule has 0 saturated carbocycles. The van der Waals surface area contributed by atoms with E-state index in [4.69, 9.17) is 4.74 Å². The van der Waals surface area contributed by atoms with Crippen molar-refractivity contribution < 1.29 is 9.53 Å². The first-order chi connectivity index (χ1) is 7.47. The lowest BCUT2D eigenvalue weighted by Crippen LogP contribution is -2.49. The number of carbonyl (C=O) groups is 1. The molecule has 0 aromatic rings. The Morgan fingerprint density at radius 2 is 2.12 bits per heavy atom. The van der Waals surface area contributed by atoms with Crippen molar-refractivity contribution in [1.82, 2.24) is 10.2 Å². The van der Waals surface area contributed by atoms with Gasteiger partial charge in [0.05, 0.1) is 6.04 Å². The number of nitrogens with zero attached hydrogens (tertiary/aromatic N) is 1. The van der Waals surface area contributed by atoms with Crippen LogP contribution in [-0.2, 0) is 4.74 Å². The van der Waals surface area contributed by atoms with Gasteiger partial charge in [-0.1, -0.05) is 0 Å². The third-order valence-electron chi connectivity index (χ3n) is 3.36. The first-order valence-corrected chi connectivity index (χ1v) is 6.18. The van der Waals surface area contributed by atoms with Gasteiger partial charge in [0.1, 0.15) is 5.60 Å². The highest BCUT2D eigenvalue weighted by atomic mass is 16.6. The van der Waals surface area contributed by atoms with Crippen molar-refractivity contribution in [3.63, 3.8) is 0 Å². The Hall–Kier alpha value is -0.770. The lowest BCUT2D eigenvalue weighted by Gasteiger charge is -2.33. The van der Waals surface area contributed by atoms with E-state index in [1.54, 1.807) is 0 Å². The number of piperidine rings is 1. The summed E-state index contributed by atoms with van der Waals surface area (Å²) in [4.78, 5) is 13.9. The third-order valence-corrected chi connectivity index (χ3v) is 3.36. The van der Waals surface area contributed by atoms with Crippen molar-refractivity contribution in [2.24, 2.45) is 5.92 Å². The zero-order chi connectivity index (χ0) is 11.8. The lowest BCUT2D eigenvalue weighted by atomic mass is 9.93. The van der Waals surface area contributed by atoms with E-state index >= 15 is 0 Å². The molecule has 2 fully saturated rings. The predicted molar refractivity (Wildman–Crippen MR) is 62.3 cm³/mol. The van der Waals surface area contributed by atoms with Gasteiger partial charge in [-0.15, -0.1) is 0 Å². The Bertz CT molecular complexity index is 273. The van der Waals surface area contributed by atoms with E-state index in [0.29, 0.717) is 12.0 Å². The van der Waals surface area contributed by atoms with Gasteiger partial charge in [-0.05, 0) is 46.1 Å². The summed E-state index contributed by atoms with van der Waals surface area (Å²) in [5, 5.41) is 3.35. The molecule has 0 aromatic carbocycles. The average Bonchev–Trinajstić information content (AvgIpc) is 2.58. The smallest absolute Gasteiger partial charge is 0.410 e. The highest BCUT2D eigenvalue weighted by Gasteiger charge is 2.39. The van der Waals surface area contributed by atoms with Crippen LogP contribution in [0.2, 0.25) is 0 Å². The summed E-state index contributed by atoms with van der Waals surface area (Å²) >= 11 is 0. The van der Waals surface area contributed by atoms with Crippen molar-refractivity contribution >= 4 is 6.09 Å². The molecule has 2 aliphatic heterocycles. The van der Waals surface area contributed by atoms with Crippen LogP contribution in [0.3, 0.4) is 0 Å². The number of likely N-dealkylation sites (tertiary alicyclic amines) is 1. The summed E-state index contributed by atoms with van der Waals surface area (Å²) in [5.74, 6) is 0.675. The number of nitrogens with one attached hydrogen (secondary N) is 1. The molecule has 2 atom stereocenters. The number of carbonyl (C=O) groups excluding carboxylic acids is 1. The maximum absolute atomic E-state index is 12.0. The summed E-state index contributed by atoms with van der Waals surface area (Å²) < 4.78 is 5.43. The number of fused-ring (bicyclic) bond motifs is 1. The zero-order valence-corrected chi connectivity index (χ0v) is 10.5. The number of hydrogen-bond donors (Lipinski definition) is 1.